The average molecular weight is 452 g/mol. The van der Waals surface area contributed by atoms with Gasteiger partial charge in [0, 0.05) is 6.07 Å². The van der Waals surface area contributed by atoms with Gasteiger partial charge in [0.1, 0.15) is 35.7 Å². The van der Waals surface area contributed by atoms with E-state index in [0.717, 1.165) is 25.7 Å². The molecule has 0 spiro atoms. The van der Waals surface area contributed by atoms with Gasteiger partial charge in [-0.25, -0.2) is 4.79 Å². The zero-order valence-corrected chi connectivity index (χ0v) is 17.6. The summed E-state index contributed by atoms with van der Waals surface area (Å²) in [6, 6.07) is 4.41. The summed E-state index contributed by atoms with van der Waals surface area (Å²) in [5.41, 5.74) is -0.865. The van der Waals surface area contributed by atoms with Gasteiger partial charge in [0.05, 0.1) is 18.1 Å². The van der Waals surface area contributed by atoms with Crippen molar-refractivity contribution in [2.24, 2.45) is 5.92 Å². The second kappa shape index (κ2) is 9.24. The van der Waals surface area contributed by atoms with Crippen molar-refractivity contribution in [1.29, 1.82) is 0 Å². The molecule has 2 aromatic rings. The van der Waals surface area contributed by atoms with Crippen LogP contribution in [0.1, 0.15) is 32.6 Å². The van der Waals surface area contributed by atoms with E-state index in [1.807, 2.05) is 0 Å². The minimum Gasteiger partial charge on any atom is -0.499 e. The summed E-state index contributed by atoms with van der Waals surface area (Å²) in [4.78, 5) is 12.2. The Morgan fingerprint density at radius 2 is 1.75 bits per heavy atom. The fourth-order valence-electron chi connectivity index (χ4n) is 4.15. The van der Waals surface area contributed by atoms with Crippen molar-refractivity contribution in [3.8, 4) is 17.2 Å². The van der Waals surface area contributed by atoms with Gasteiger partial charge in [0.2, 0.25) is 12.0 Å². The quantitative estimate of drug-likeness (QED) is 0.407. The fraction of sp³-hybridized carbons (Fsp3) is 0.591. The molecule has 10 heteroatoms. The lowest BCUT2D eigenvalue weighted by Gasteiger charge is -2.39. The number of ether oxygens (including phenoxy) is 3. The minimum absolute atomic E-state index is 0.0511. The van der Waals surface area contributed by atoms with E-state index in [1.165, 1.54) is 18.2 Å². The average Bonchev–Trinajstić information content (AvgIpc) is 2.78. The van der Waals surface area contributed by atoms with Crippen molar-refractivity contribution in [2.75, 3.05) is 6.61 Å². The highest BCUT2D eigenvalue weighted by molar-refractivity contribution is 5.86. The molecule has 1 aromatic heterocycles. The van der Waals surface area contributed by atoms with Crippen molar-refractivity contribution in [2.45, 2.75) is 69.4 Å². The highest BCUT2D eigenvalue weighted by Gasteiger charge is 2.44. The summed E-state index contributed by atoms with van der Waals surface area (Å²) >= 11 is 0. The Labute approximate surface area is 183 Å². The molecule has 0 bridgehead atoms. The topological polar surface area (TPSA) is 159 Å². The van der Waals surface area contributed by atoms with Crippen LogP contribution in [-0.2, 0) is 4.74 Å². The molecule has 1 aliphatic heterocycles. The number of aliphatic hydroxyl groups excluding tert-OH is 4. The molecule has 1 aliphatic carbocycles. The highest BCUT2D eigenvalue weighted by Crippen LogP contribution is 2.37. The summed E-state index contributed by atoms with van der Waals surface area (Å²) in [6.07, 6.45) is -3.64. The summed E-state index contributed by atoms with van der Waals surface area (Å²) in [5.74, 6) is 0.199. The first-order valence-electron chi connectivity index (χ1n) is 10.7. The second-order valence-corrected chi connectivity index (χ2v) is 8.54. The molecule has 0 radical (unpaired) electrons. The van der Waals surface area contributed by atoms with Crippen LogP contribution in [0.4, 0.5) is 0 Å². The van der Waals surface area contributed by atoms with E-state index >= 15 is 0 Å². The number of rotatable bonds is 5. The lowest BCUT2D eigenvalue weighted by atomic mass is 9.89. The van der Waals surface area contributed by atoms with E-state index in [9.17, 15) is 30.3 Å². The largest absolute Gasteiger partial charge is 0.499 e. The van der Waals surface area contributed by atoms with E-state index in [4.69, 9.17) is 18.6 Å². The Balaban J connectivity index is 1.59. The first-order chi connectivity index (χ1) is 15.3. The summed E-state index contributed by atoms with van der Waals surface area (Å²) in [5, 5.41) is 49.9. The number of aliphatic hydroxyl groups is 4. The molecule has 4 rings (SSSR count). The van der Waals surface area contributed by atoms with Crippen LogP contribution in [0.15, 0.2) is 27.4 Å². The molecule has 0 unspecified atom stereocenters. The van der Waals surface area contributed by atoms with Gasteiger partial charge in [-0.05, 0) is 43.7 Å². The van der Waals surface area contributed by atoms with Gasteiger partial charge < -0.3 is 44.2 Å². The molecule has 2 heterocycles. The zero-order valence-electron chi connectivity index (χ0n) is 17.6. The molecule has 5 N–H and O–H groups in total. The lowest BCUT2D eigenvalue weighted by molar-refractivity contribution is -0.277. The number of benzene rings is 1. The van der Waals surface area contributed by atoms with E-state index in [1.54, 1.807) is 0 Å². The van der Waals surface area contributed by atoms with Gasteiger partial charge in [-0.15, -0.1) is 0 Å². The predicted octanol–water partition coefficient (Wildman–Crippen LogP) is 0.635. The Bertz CT molecular complexity index is 994. The molecule has 1 saturated heterocycles. The van der Waals surface area contributed by atoms with Crippen LogP contribution in [0.5, 0.6) is 17.2 Å². The summed E-state index contributed by atoms with van der Waals surface area (Å²) in [6.45, 7) is 1.59. The highest BCUT2D eigenvalue weighted by atomic mass is 16.7. The Morgan fingerprint density at radius 3 is 2.44 bits per heavy atom. The number of aromatic hydroxyl groups is 1. The molecule has 10 nitrogen and oxygen atoms in total. The van der Waals surface area contributed by atoms with Gasteiger partial charge in [0.25, 0.3) is 0 Å². The van der Waals surface area contributed by atoms with Crippen molar-refractivity contribution in [3.05, 3.63) is 28.6 Å². The van der Waals surface area contributed by atoms with Gasteiger partial charge in [-0.3, -0.25) is 0 Å². The molecule has 1 saturated carbocycles. The van der Waals surface area contributed by atoms with E-state index in [0.29, 0.717) is 11.3 Å². The molecular formula is C22H28O10. The molecule has 2 aliphatic rings. The Morgan fingerprint density at radius 1 is 1.03 bits per heavy atom. The SMILES string of the molecule is CC1CCC(Oc2c(O)c(=O)oc3cc(O[C@@H]4O[C@H](CO)[C@H](O)[C@H](O)[C@H]4O)ccc23)CC1. The number of fused-ring (bicyclic) bond motifs is 1. The third kappa shape index (κ3) is 4.41. The number of hydrogen-bond donors (Lipinski definition) is 5. The van der Waals surface area contributed by atoms with Crippen LogP contribution >= 0.6 is 0 Å². The first-order valence-corrected chi connectivity index (χ1v) is 10.7. The minimum atomic E-state index is -1.58. The third-order valence-electron chi connectivity index (χ3n) is 6.16. The van der Waals surface area contributed by atoms with Gasteiger partial charge >= 0.3 is 5.63 Å². The molecule has 0 amide bonds. The lowest BCUT2D eigenvalue weighted by Crippen LogP contribution is -2.60. The van der Waals surface area contributed by atoms with Gasteiger partial charge in [0.15, 0.2) is 5.75 Å². The first kappa shape index (κ1) is 22.8. The summed E-state index contributed by atoms with van der Waals surface area (Å²) < 4.78 is 22.1. The molecule has 1 aromatic carbocycles. The van der Waals surface area contributed by atoms with Crippen molar-refractivity contribution in [3.63, 3.8) is 0 Å². The van der Waals surface area contributed by atoms with E-state index in [2.05, 4.69) is 6.92 Å². The smallest absolute Gasteiger partial charge is 0.382 e. The van der Waals surface area contributed by atoms with Crippen molar-refractivity contribution >= 4 is 11.0 Å². The fourth-order valence-corrected chi connectivity index (χ4v) is 4.15. The van der Waals surface area contributed by atoms with Crippen molar-refractivity contribution in [1.82, 2.24) is 0 Å². The molecule has 32 heavy (non-hydrogen) atoms. The number of hydrogen-bond acceptors (Lipinski definition) is 10. The molecular weight excluding hydrogens is 424 g/mol. The normalized spacial score (nSPS) is 33.2. The van der Waals surface area contributed by atoms with Crippen LogP contribution < -0.4 is 15.1 Å². The monoisotopic (exact) mass is 452 g/mol. The van der Waals surface area contributed by atoms with E-state index in [-0.39, 0.29) is 23.2 Å². The molecule has 5 atom stereocenters. The Kier molecular flexibility index (Phi) is 6.59. The van der Waals surface area contributed by atoms with Crippen LogP contribution in [-0.4, -0.2) is 68.9 Å². The Hall–Kier alpha value is -2.37. The third-order valence-corrected chi connectivity index (χ3v) is 6.16. The zero-order chi connectivity index (χ0) is 23.0. The second-order valence-electron chi connectivity index (χ2n) is 8.54. The van der Waals surface area contributed by atoms with Gasteiger partial charge in [-0.2, -0.15) is 0 Å². The van der Waals surface area contributed by atoms with Crippen LogP contribution in [0.3, 0.4) is 0 Å². The maximum Gasteiger partial charge on any atom is 0.382 e. The predicted molar refractivity (Wildman–Crippen MR) is 111 cm³/mol. The molecule has 2 fully saturated rings. The van der Waals surface area contributed by atoms with Crippen molar-refractivity contribution < 1.29 is 44.2 Å². The summed E-state index contributed by atoms with van der Waals surface area (Å²) in [7, 11) is 0. The maximum atomic E-state index is 12.2. The van der Waals surface area contributed by atoms with Gasteiger partial charge in [-0.1, -0.05) is 6.92 Å². The van der Waals surface area contributed by atoms with Crippen LogP contribution in [0, 0.1) is 5.92 Å². The molecule has 176 valence electrons. The maximum absolute atomic E-state index is 12.2. The van der Waals surface area contributed by atoms with E-state index < -0.39 is 48.7 Å². The van der Waals surface area contributed by atoms with Crippen LogP contribution in [0.25, 0.3) is 11.0 Å². The standard InChI is InChI=1S/C22H28O10/c1-10-2-4-11(5-3-10)29-20-13-7-6-12(8-14(13)31-21(28)19(20)27)30-22-18(26)17(25)16(24)15(9-23)32-22/h6-8,10-11,15-18,22-27H,2-5,9H2,1H3/t10?,11?,15-,16+,17+,18-,22-/m1/s1. The van der Waals surface area contributed by atoms with Crippen LogP contribution in [0.2, 0.25) is 0 Å².